The number of sulfone groups is 1. The zero-order chi connectivity index (χ0) is 19.4. The fourth-order valence-corrected chi connectivity index (χ4v) is 9.84. The van der Waals surface area contributed by atoms with Gasteiger partial charge in [-0.25, -0.2) is 8.42 Å². The smallest absolute Gasteiger partial charge is 0.191 e. The van der Waals surface area contributed by atoms with E-state index in [0.29, 0.717) is 18.4 Å². The van der Waals surface area contributed by atoms with Gasteiger partial charge < -0.3 is 4.57 Å². The molecule has 4 aliphatic carbocycles. The molecule has 4 bridgehead atoms. The molecule has 1 saturated heterocycles. The van der Waals surface area contributed by atoms with Gasteiger partial charge in [-0.15, -0.1) is 16.8 Å². The first-order chi connectivity index (χ1) is 13.5. The first-order valence-corrected chi connectivity index (χ1v) is 13.6. The largest absolute Gasteiger partial charge is 0.302 e. The van der Waals surface area contributed by atoms with Crippen molar-refractivity contribution < 1.29 is 8.42 Å². The topological polar surface area (TPSA) is 64.8 Å². The summed E-state index contributed by atoms with van der Waals surface area (Å²) < 4.78 is 25.9. The molecule has 154 valence electrons. The van der Waals surface area contributed by atoms with Gasteiger partial charge in [0.2, 0.25) is 0 Å². The minimum atomic E-state index is -2.92. The van der Waals surface area contributed by atoms with Crippen LogP contribution in [0.4, 0.5) is 0 Å². The SMILES string of the molecule is C=CCn1c(SCCC23CC4CC(CC(C4)C2)C3)nnc1[C@@H]1CCS(=O)(=O)C1. The Balaban J connectivity index is 1.26. The Morgan fingerprint density at radius 2 is 1.82 bits per heavy atom. The maximum atomic E-state index is 11.9. The molecule has 5 fully saturated rings. The molecule has 0 aromatic carbocycles. The highest BCUT2D eigenvalue weighted by molar-refractivity contribution is 7.99. The number of hydrogen-bond acceptors (Lipinski definition) is 5. The maximum Gasteiger partial charge on any atom is 0.191 e. The third-order valence-electron chi connectivity index (χ3n) is 7.68. The van der Waals surface area contributed by atoms with Crippen LogP contribution in [0.1, 0.15) is 63.1 Å². The van der Waals surface area contributed by atoms with Gasteiger partial charge in [0.05, 0.1) is 11.5 Å². The lowest BCUT2D eigenvalue weighted by Gasteiger charge is -2.57. The van der Waals surface area contributed by atoms with Crippen LogP contribution in [0.5, 0.6) is 0 Å². The van der Waals surface area contributed by atoms with Crippen LogP contribution in [0, 0.1) is 23.2 Å². The van der Waals surface area contributed by atoms with Crippen molar-refractivity contribution in [1.29, 1.82) is 0 Å². The van der Waals surface area contributed by atoms with Crippen molar-refractivity contribution in [2.45, 2.75) is 69.0 Å². The van der Waals surface area contributed by atoms with Gasteiger partial charge in [0.15, 0.2) is 15.0 Å². The average molecular weight is 422 g/mol. The number of aromatic nitrogens is 3. The Bertz CT molecular complexity index is 826. The van der Waals surface area contributed by atoms with Crippen molar-refractivity contribution in [3.8, 4) is 0 Å². The standard InChI is InChI=1S/C21H31N3O2S2/c1-2-5-24-19(18-3-7-28(25,26)14-18)22-23-20(24)27-6-4-21-11-15-8-16(12-21)10-17(9-15)13-21/h2,15-18H,1,3-14H2/t15?,16?,17?,18-,21?/m1/s1. The lowest BCUT2D eigenvalue weighted by molar-refractivity contribution is -0.0538. The van der Waals surface area contributed by atoms with Gasteiger partial charge in [-0.2, -0.15) is 0 Å². The predicted molar refractivity (Wildman–Crippen MR) is 112 cm³/mol. The maximum absolute atomic E-state index is 11.9. The average Bonchev–Trinajstić information content (AvgIpc) is 3.17. The van der Waals surface area contributed by atoms with Crippen LogP contribution in [0.2, 0.25) is 0 Å². The molecule has 28 heavy (non-hydrogen) atoms. The van der Waals surface area contributed by atoms with Crippen LogP contribution in [-0.4, -0.2) is 40.4 Å². The van der Waals surface area contributed by atoms with E-state index in [1.807, 2.05) is 17.8 Å². The molecule has 5 nitrogen and oxygen atoms in total. The fourth-order valence-electron chi connectivity index (χ4n) is 6.96. The molecule has 7 heteroatoms. The van der Waals surface area contributed by atoms with Gasteiger partial charge >= 0.3 is 0 Å². The number of thioether (sulfide) groups is 1. The third kappa shape index (κ3) is 3.57. The Morgan fingerprint density at radius 1 is 1.14 bits per heavy atom. The highest BCUT2D eigenvalue weighted by Crippen LogP contribution is 2.61. The number of allylic oxidation sites excluding steroid dienone is 1. The molecule has 0 unspecified atom stereocenters. The molecule has 2 heterocycles. The van der Waals surface area contributed by atoms with Gasteiger partial charge in [-0.05, 0) is 74.5 Å². The fraction of sp³-hybridized carbons (Fsp3) is 0.810. The van der Waals surface area contributed by atoms with Crippen molar-refractivity contribution >= 4 is 21.6 Å². The van der Waals surface area contributed by atoms with Crippen LogP contribution in [0.15, 0.2) is 17.8 Å². The molecule has 1 atom stereocenters. The van der Waals surface area contributed by atoms with E-state index in [4.69, 9.17) is 0 Å². The first kappa shape index (κ1) is 19.2. The van der Waals surface area contributed by atoms with E-state index in [-0.39, 0.29) is 17.4 Å². The summed E-state index contributed by atoms with van der Waals surface area (Å²) in [6.07, 6.45) is 12.6. The highest BCUT2D eigenvalue weighted by Gasteiger charge is 2.50. The van der Waals surface area contributed by atoms with Crippen LogP contribution in [0.25, 0.3) is 0 Å². The summed E-state index contributed by atoms with van der Waals surface area (Å²) >= 11 is 1.81. The lowest BCUT2D eigenvalue weighted by atomic mass is 9.49. The van der Waals surface area contributed by atoms with E-state index >= 15 is 0 Å². The molecule has 0 amide bonds. The van der Waals surface area contributed by atoms with E-state index in [1.165, 1.54) is 44.9 Å². The molecule has 0 radical (unpaired) electrons. The van der Waals surface area contributed by atoms with Gasteiger partial charge in [0, 0.05) is 18.2 Å². The molecule has 6 rings (SSSR count). The molecule has 0 spiro atoms. The summed E-state index contributed by atoms with van der Waals surface area (Å²) in [7, 11) is -2.92. The Hall–Kier alpha value is -0.820. The zero-order valence-electron chi connectivity index (χ0n) is 16.6. The number of rotatable bonds is 7. The molecular weight excluding hydrogens is 390 g/mol. The summed E-state index contributed by atoms with van der Waals surface area (Å²) in [5.74, 6) is 5.37. The molecule has 1 aromatic heterocycles. The lowest BCUT2D eigenvalue weighted by Crippen LogP contribution is -2.46. The second-order valence-corrected chi connectivity index (χ2v) is 13.1. The van der Waals surface area contributed by atoms with Crippen LogP contribution in [-0.2, 0) is 16.4 Å². The van der Waals surface area contributed by atoms with E-state index in [0.717, 1.165) is 34.5 Å². The molecule has 5 aliphatic rings. The molecule has 1 aliphatic heterocycles. The Kier molecular flexibility index (Phi) is 4.89. The second-order valence-electron chi connectivity index (χ2n) is 9.86. The predicted octanol–water partition coefficient (Wildman–Crippen LogP) is 4.06. The van der Waals surface area contributed by atoms with Gasteiger partial charge in [-0.3, -0.25) is 0 Å². The number of nitrogens with zero attached hydrogens (tertiary/aromatic N) is 3. The summed E-state index contributed by atoms with van der Waals surface area (Å²) in [5, 5.41) is 9.79. The zero-order valence-corrected chi connectivity index (χ0v) is 18.2. The van der Waals surface area contributed by atoms with Crippen molar-refractivity contribution in [2.24, 2.45) is 23.2 Å². The van der Waals surface area contributed by atoms with E-state index in [9.17, 15) is 8.42 Å². The first-order valence-electron chi connectivity index (χ1n) is 10.8. The quantitative estimate of drug-likeness (QED) is 0.491. The van der Waals surface area contributed by atoms with Gasteiger partial charge in [0.25, 0.3) is 0 Å². The Labute approximate surface area is 172 Å². The number of hydrogen-bond donors (Lipinski definition) is 0. The summed E-state index contributed by atoms with van der Waals surface area (Å²) in [4.78, 5) is 0. The monoisotopic (exact) mass is 421 g/mol. The van der Waals surface area contributed by atoms with Gasteiger partial charge in [-0.1, -0.05) is 17.8 Å². The van der Waals surface area contributed by atoms with Crippen molar-refractivity contribution in [3.63, 3.8) is 0 Å². The summed E-state index contributed by atoms with van der Waals surface area (Å²) in [6, 6.07) is 0. The van der Waals surface area contributed by atoms with E-state index in [1.54, 1.807) is 0 Å². The molecule has 0 N–H and O–H groups in total. The van der Waals surface area contributed by atoms with Crippen molar-refractivity contribution in [1.82, 2.24) is 14.8 Å². The van der Waals surface area contributed by atoms with E-state index < -0.39 is 9.84 Å². The molecular formula is C21H31N3O2S2. The highest BCUT2D eigenvalue weighted by atomic mass is 32.2. The normalized spacial score (nSPS) is 38.1. The third-order valence-corrected chi connectivity index (χ3v) is 10.4. The Morgan fingerprint density at radius 3 is 2.39 bits per heavy atom. The van der Waals surface area contributed by atoms with Crippen molar-refractivity contribution in [2.75, 3.05) is 17.3 Å². The van der Waals surface area contributed by atoms with E-state index in [2.05, 4.69) is 21.3 Å². The second kappa shape index (κ2) is 7.15. The minimum Gasteiger partial charge on any atom is -0.302 e. The van der Waals surface area contributed by atoms with Crippen molar-refractivity contribution in [3.05, 3.63) is 18.5 Å². The molecule has 4 saturated carbocycles. The summed E-state index contributed by atoms with van der Waals surface area (Å²) in [6.45, 7) is 4.53. The van der Waals surface area contributed by atoms with Gasteiger partial charge in [0.1, 0.15) is 5.82 Å². The summed E-state index contributed by atoms with van der Waals surface area (Å²) in [5.41, 5.74) is 0.591. The van der Waals surface area contributed by atoms with Crippen LogP contribution < -0.4 is 0 Å². The van der Waals surface area contributed by atoms with Crippen LogP contribution in [0.3, 0.4) is 0 Å². The van der Waals surface area contributed by atoms with Crippen LogP contribution >= 0.6 is 11.8 Å². The minimum absolute atomic E-state index is 0.0186. The molecule has 1 aromatic rings.